The molecule has 1 aromatic carbocycles. The van der Waals surface area contributed by atoms with Crippen molar-refractivity contribution in [1.29, 1.82) is 0 Å². The Hall–Kier alpha value is -2.61. The molecule has 148 valence electrons. The fraction of sp³-hybridized carbons (Fsp3) is 0.526. The SMILES string of the molecule is Cc1ccc(NC[C@@H](CCCNC(N)=O)n2cc([C@@H](N)C(C)C)nn2)cc1. The van der Waals surface area contributed by atoms with E-state index >= 15 is 0 Å². The van der Waals surface area contributed by atoms with Crippen LogP contribution in [0.2, 0.25) is 0 Å². The minimum atomic E-state index is -0.504. The highest BCUT2D eigenvalue weighted by Crippen LogP contribution is 2.20. The fourth-order valence-corrected chi connectivity index (χ4v) is 2.75. The van der Waals surface area contributed by atoms with Crippen molar-refractivity contribution in [1.82, 2.24) is 20.3 Å². The maximum Gasteiger partial charge on any atom is 0.312 e. The minimum absolute atomic E-state index is 0.0848. The number of aromatic nitrogens is 3. The number of nitrogens with zero attached hydrogens (tertiary/aromatic N) is 3. The number of amides is 2. The van der Waals surface area contributed by atoms with E-state index in [1.807, 2.05) is 10.9 Å². The van der Waals surface area contributed by atoms with Crippen LogP contribution in [-0.2, 0) is 0 Å². The van der Waals surface area contributed by atoms with Gasteiger partial charge in [-0.3, -0.25) is 0 Å². The van der Waals surface area contributed by atoms with E-state index < -0.39 is 6.03 Å². The van der Waals surface area contributed by atoms with E-state index in [0.29, 0.717) is 19.0 Å². The average Bonchev–Trinajstić information content (AvgIpc) is 3.11. The molecule has 0 radical (unpaired) electrons. The molecule has 6 N–H and O–H groups in total. The molecule has 2 amide bonds. The lowest BCUT2D eigenvalue weighted by atomic mass is 10.0. The molecule has 0 aliphatic carbocycles. The second kappa shape index (κ2) is 9.91. The molecular formula is C19H31N7O. The van der Waals surface area contributed by atoms with Gasteiger partial charge in [-0.25, -0.2) is 9.48 Å². The molecule has 27 heavy (non-hydrogen) atoms. The molecule has 1 aromatic heterocycles. The molecule has 2 rings (SSSR count). The first-order valence-corrected chi connectivity index (χ1v) is 9.38. The van der Waals surface area contributed by atoms with Crippen LogP contribution in [0.3, 0.4) is 0 Å². The van der Waals surface area contributed by atoms with Gasteiger partial charge in [-0.05, 0) is 37.8 Å². The Morgan fingerprint density at radius 2 is 1.96 bits per heavy atom. The number of hydrogen-bond acceptors (Lipinski definition) is 5. The molecule has 1 heterocycles. The number of urea groups is 1. The van der Waals surface area contributed by atoms with E-state index in [-0.39, 0.29) is 12.1 Å². The van der Waals surface area contributed by atoms with Gasteiger partial charge in [-0.15, -0.1) is 5.10 Å². The average molecular weight is 374 g/mol. The minimum Gasteiger partial charge on any atom is -0.383 e. The molecule has 2 aromatic rings. The summed E-state index contributed by atoms with van der Waals surface area (Å²) in [6, 6.07) is 7.70. The largest absolute Gasteiger partial charge is 0.383 e. The van der Waals surface area contributed by atoms with Gasteiger partial charge in [0, 0.05) is 18.8 Å². The van der Waals surface area contributed by atoms with Gasteiger partial charge in [0.15, 0.2) is 0 Å². The summed E-state index contributed by atoms with van der Waals surface area (Å²) in [4.78, 5) is 10.9. The van der Waals surface area contributed by atoms with Crippen molar-refractivity contribution in [3.63, 3.8) is 0 Å². The highest BCUT2D eigenvalue weighted by molar-refractivity contribution is 5.71. The summed E-state index contributed by atoms with van der Waals surface area (Å²) in [6.45, 7) is 7.42. The number of primary amides is 1. The highest BCUT2D eigenvalue weighted by atomic mass is 16.2. The molecule has 0 aliphatic rings. The number of benzene rings is 1. The van der Waals surface area contributed by atoms with Crippen LogP contribution in [0.15, 0.2) is 30.5 Å². The van der Waals surface area contributed by atoms with Crippen LogP contribution >= 0.6 is 0 Å². The van der Waals surface area contributed by atoms with Crippen LogP contribution in [0, 0.1) is 12.8 Å². The van der Waals surface area contributed by atoms with Crippen LogP contribution in [0.4, 0.5) is 10.5 Å². The zero-order valence-electron chi connectivity index (χ0n) is 16.4. The van der Waals surface area contributed by atoms with Gasteiger partial charge in [-0.2, -0.15) is 0 Å². The molecule has 8 nitrogen and oxygen atoms in total. The third kappa shape index (κ3) is 6.56. The van der Waals surface area contributed by atoms with E-state index in [9.17, 15) is 4.79 Å². The maximum absolute atomic E-state index is 10.9. The Labute approximate surface area is 160 Å². The molecule has 0 spiro atoms. The number of nitrogens with one attached hydrogen (secondary N) is 2. The first-order valence-electron chi connectivity index (χ1n) is 9.38. The lowest BCUT2D eigenvalue weighted by Crippen LogP contribution is -2.30. The summed E-state index contributed by atoms with van der Waals surface area (Å²) < 4.78 is 1.86. The second-order valence-corrected chi connectivity index (χ2v) is 7.23. The van der Waals surface area contributed by atoms with Crippen LogP contribution in [0.1, 0.15) is 50.0 Å². The van der Waals surface area contributed by atoms with E-state index in [1.165, 1.54) is 5.56 Å². The molecule has 2 atom stereocenters. The summed E-state index contributed by atoms with van der Waals surface area (Å²) in [5, 5.41) is 14.6. The first kappa shape index (κ1) is 20.7. The molecule has 0 unspecified atom stereocenters. The van der Waals surface area contributed by atoms with Gasteiger partial charge >= 0.3 is 6.03 Å². The molecule has 0 fully saturated rings. The summed E-state index contributed by atoms with van der Waals surface area (Å²) in [5.74, 6) is 0.291. The van der Waals surface area contributed by atoms with Crippen molar-refractivity contribution in [2.24, 2.45) is 17.4 Å². The Morgan fingerprint density at radius 3 is 2.59 bits per heavy atom. The fourth-order valence-electron chi connectivity index (χ4n) is 2.75. The monoisotopic (exact) mass is 373 g/mol. The molecule has 0 aliphatic heterocycles. The van der Waals surface area contributed by atoms with Gasteiger partial charge in [0.25, 0.3) is 0 Å². The summed E-state index contributed by atoms with van der Waals surface area (Å²) in [5.41, 5.74) is 14.4. The highest BCUT2D eigenvalue weighted by Gasteiger charge is 2.18. The Kier molecular flexibility index (Phi) is 7.60. The van der Waals surface area contributed by atoms with E-state index in [4.69, 9.17) is 11.5 Å². The van der Waals surface area contributed by atoms with Crippen LogP contribution < -0.4 is 22.1 Å². The van der Waals surface area contributed by atoms with Crippen LogP contribution in [0.5, 0.6) is 0 Å². The summed E-state index contributed by atoms with van der Waals surface area (Å²) in [7, 11) is 0. The van der Waals surface area contributed by atoms with Crippen molar-refractivity contribution >= 4 is 11.7 Å². The van der Waals surface area contributed by atoms with Crippen molar-refractivity contribution < 1.29 is 4.79 Å². The van der Waals surface area contributed by atoms with E-state index in [2.05, 4.69) is 66.0 Å². The smallest absolute Gasteiger partial charge is 0.312 e. The van der Waals surface area contributed by atoms with Crippen LogP contribution in [-0.4, -0.2) is 34.1 Å². The molecule has 0 saturated carbocycles. The number of aryl methyl sites for hydroxylation is 1. The van der Waals surface area contributed by atoms with Crippen molar-refractivity contribution in [3.05, 3.63) is 41.7 Å². The van der Waals surface area contributed by atoms with Crippen molar-refractivity contribution in [2.75, 3.05) is 18.4 Å². The standard InChI is InChI=1S/C19H31N7O/c1-13(2)18(20)17-12-26(25-24-17)16(5-4-10-22-19(21)27)11-23-15-8-6-14(3)7-9-15/h6-9,12-13,16,18,23H,4-5,10-11,20H2,1-3H3,(H3,21,22,27)/t16-,18+/m1/s1. The number of nitrogens with two attached hydrogens (primary N) is 2. The molecule has 0 saturated heterocycles. The van der Waals surface area contributed by atoms with Gasteiger partial charge in [-0.1, -0.05) is 36.8 Å². The lowest BCUT2D eigenvalue weighted by Gasteiger charge is -2.19. The number of carbonyl (C=O) groups excluding carboxylic acids is 1. The Balaban J connectivity index is 2.04. The summed E-state index contributed by atoms with van der Waals surface area (Å²) in [6.07, 6.45) is 3.53. The van der Waals surface area contributed by atoms with Gasteiger partial charge < -0.3 is 22.1 Å². The zero-order valence-corrected chi connectivity index (χ0v) is 16.4. The molecule has 0 bridgehead atoms. The normalized spacial score (nSPS) is 13.4. The molecule has 8 heteroatoms. The van der Waals surface area contributed by atoms with Gasteiger partial charge in [0.1, 0.15) is 0 Å². The number of anilines is 1. The quantitative estimate of drug-likeness (QED) is 0.476. The third-order valence-corrected chi connectivity index (χ3v) is 4.57. The predicted molar refractivity (Wildman–Crippen MR) is 107 cm³/mol. The van der Waals surface area contributed by atoms with E-state index in [0.717, 1.165) is 24.2 Å². The zero-order chi connectivity index (χ0) is 19.8. The van der Waals surface area contributed by atoms with Crippen molar-refractivity contribution in [3.8, 4) is 0 Å². The van der Waals surface area contributed by atoms with Crippen LogP contribution in [0.25, 0.3) is 0 Å². The second-order valence-electron chi connectivity index (χ2n) is 7.23. The number of carbonyl (C=O) groups is 1. The van der Waals surface area contributed by atoms with Gasteiger partial charge in [0.05, 0.1) is 24.0 Å². The van der Waals surface area contributed by atoms with Gasteiger partial charge in [0.2, 0.25) is 0 Å². The maximum atomic E-state index is 10.9. The lowest BCUT2D eigenvalue weighted by molar-refractivity contribution is 0.248. The van der Waals surface area contributed by atoms with Crippen molar-refractivity contribution in [2.45, 2.75) is 45.7 Å². The number of rotatable bonds is 10. The van der Waals surface area contributed by atoms with E-state index in [1.54, 1.807) is 0 Å². The number of hydrogen-bond donors (Lipinski definition) is 4. The Morgan fingerprint density at radius 1 is 1.26 bits per heavy atom. The first-order chi connectivity index (χ1) is 12.9. The third-order valence-electron chi connectivity index (χ3n) is 4.57. The molecular weight excluding hydrogens is 342 g/mol. The summed E-state index contributed by atoms with van der Waals surface area (Å²) >= 11 is 0. The predicted octanol–water partition coefficient (Wildman–Crippen LogP) is 2.34. The Bertz CT molecular complexity index is 711. The topological polar surface area (TPSA) is 124 Å².